The van der Waals surface area contributed by atoms with Crippen LogP contribution in [0.4, 0.5) is 0 Å². The van der Waals surface area contributed by atoms with Gasteiger partial charge in [-0.2, -0.15) is 0 Å². The molecule has 146 valence electrons. The molecule has 5 heteroatoms. The summed E-state index contributed by atoms with van der Waals surface area (Å²) >= 11 is 0. The van der Waals surface area contributed by atoms with Crippen LogP contribution in [0, 0.1) is 13.8 Å². The first kappa shape index (κ1) is 19.9. The zero-order valence-electron chi connectivity index (χ0n) is 16.6. The van der Waals surface area contributed by atoms with E-state index in [1.54, 1.807) is 0 Å². The summed E-state index contributed by atoms with van der Waals surface area (Å²) in [5, 5.41) is 0. The van der Waals surface area contributed by atoms with Crippen LogP contribution in [0.1, 0.15) is 60.0 Å². The van der Waals surface area contributed by atoms with E-state index in [1.165, 1.54) is 18.2 Å². The third kappa shape index (κ3) is 4.19. The number of benzene rings is 2. The van der Waals surface area contributed by atoms with Gasteiger partial charge in [-0.3, -0.25) is 0 Å². The van der Waals surface area contributed by atoms with Gasteiger partial charge in [-0.15, -0.1) is 0 Å². The lowest BCUT2D eigenvalue weighted by molar-refractivity contribution is 0.400. The zero-order valence-corrected chi connectivity index (χ0v) is 17.4. The van der Waals surface area contributed by atoms with Gasteiger partial charge in [0.15, 0.2) is 0 Å². The summed E-state index contributed by atoms with van der Waals surface area (Å²) < 4.78 is 34.7. The minimum absolute atomic E-state index is 0.243. The first-order chi connectivity index (χ1) is 12.9. The van der Waals surface area contributed by atoms with Crippen molar-refractivity contribution in [2.45, 2.75) is 63.8 Å². The molecule has 0 saturated carbocycles. The maximum absolute atomic E-state index is 13.2. The van der Waals surface area contributed by atoms with E-state index in [2.05, 4.69) is 17.7 Å². The SMILES string of the molecule is CC[C@H](NS(=O)(=O)c1cc2c(cc1OC)CCCC2)c1ccc(C)c(C)c1. The summed E-state index contributed by atoms with van der Waals surface area (Å²) in [4.78, 5) is 0.243. The fourth-order valence-corrected chi connectivity index (χ4v) is 5.24. The van der Waals surface area contributed by atoms with Gasteiger partial charge < -0.3 is 4.74 Å². The lowest BCUT2D eigenvalue weighted by atomic mass is 9.92. The number of rotatable bonds is 6. The molecule has 3 rings (SSSR count). The molecule has 27 heavy (non-hydrogen) atoms. The molecule has 0 bridgehead atoms. The second-order valence-electron chi connectivity index (χ2n) is 7.40. The molecule has 0 fully saturated rings. The molecule has 4 nitrogen and oxygen atoms in total. The Bertz CT molecular complexity index is 935. The van der Waals surface area contributed by atoms with E-state index in [0.717, 1.165) is 42.4 Å². The Morgan fingerprint density at radius 1 is 1.04 bits per heavy atom. The van der Waals surface area contributed by atoms with Crippen molar-refractivity contribution < 1.29 is 13.2 Å². The van der Waals surface area contributed by atoms with Gasteiger partial charge in [0.1, 0.15) is 10.6 Å². The maximum Gasteiger partial charge on any atom is 0.244 e. The third-order valence-corrected chi connectivity index (χ3v) is 7.05. The van der Waals surface area contributed by atoms with Gasteiger partial charge in [0.05, 0.1) is 7.11 Å². The maximum atomic E-state index is 13.2. The fourth-order valence-electron chi connectivity index (χ4n) is 3.73. The Balaban J connectivity index is 1.96. The second kappa shape index (κ2) is 8.03. The van der Waals surface area contributed by atoms with Gasteiger partial charge in [-0.25, -0.2) is 13.1 Å². The molecule has 0 amide bonds. The molecule has 0 saturated heterocycles. The van der Waals surface area contributed by atoms with Crippen molar-refractivity contribution in [1.82, 2.24) is 4.72 Å². The van der Waals surface area contributed by atoms with E-state index >= 15 is 0 Å². The Morgan fingerprint density at radius 3 is 2.30 bits per heavy atom. The van der Waals surface area contributed by atoms with Gasteiger partial charge in [0.25, 0.3) is 0 Å². The first-order valence-electron chi connectivity index (χ1n) is 9.65. The normalized spacial score (nSPS) is 15.3. The summed E-state index contributed by atoms with van der Waals surface area (Å²) in [6.07, 6.45) is 4.84. The van der Waals surface area contributed by atoms with Crippen molar-refractivity contribution in [1.29, 1.82) is 0 Å². The highest BCUT2D eigenvalue weighted by Crippen LogP contribution is 2.33. The molecule has 2 aromatic carbocycles. The highest BCUT2D eigenvalue weighted by atomic mass is 32.2. The molecule has 1 atom stereocenters. The van der Waals surface area contributed by atoms with Crippen LogP contribution >= 0.6 is 0 Å². The molecular formula is C22H29NO3S. The van der Waals surface area contributed by atoms with E-state index < -0.39 is 10.0 Å². The van der Waals surface area contributed by atoms with Gasteiger partial charge in [-0.1, -0.05) is 25.1 Å². The number of hydrogen-bond donors (Lipinski definition) is 1. The summed E-state index contributed by atoms with van der Waals surface area (Å²) in [5.74, 6) is 0.429. The molecule has 2 aromatic rings. The standard InChI is InChI=1S/C22H29NO3S/c1-5-20(19-11-10-15(2)16(3)12-19)23-27(24,25)22-14-18-9-7-6-8-17(18)13-21(22)26-4/h10-14,20,23H,5-9H2,1-4H3/t20-/m0/s1. The van der Waals surface area contributed by atoms with Crippen LogP contribution < -0.4 is 9.46 Å². The monoisotopic (exact) mass is 387 g/mol. The van der Waals surface area contributed by atoms with Crippen molar-refractivity contribution in [2.24, 2.45) is 0 Å². The van der Waals surface area contributed by atoms with Crippen molar-refractivity contribution >= 4 is 10.0 Å². The molecule has 1 aliphatic carbocycles. The molecule has 0 radical (unpaired) electrons. The average Bonchev–Trinajstić information content (AvgIpc) is 2.67. The lowest BCUT2D eigenvalue weighted by Crippen LogP contribution is -2.29. The van der Waals surface area contributed by atoms with E-state index in [-0.39, 0.29) is 10.9 Å². The average molecular weight is 388 g/mol. The van der Waals surface area contributed by atoms with E-state index in [1.807, 2.05) is 38.1 Å². The Hall–Kier alpha value is -1.85. The lowest BCUT2D eigenvalue weighted by Gasteiger charge is -2.22. The van der Waals surface area contributed by atoms with E-state index in [4.69, 9.17) is 4.74 Å². The molecular weight excluding hydrogens is 358 g/mol. The number of hydrogen-bond acceptors (Lipinski definition) is 3. The number of ether oxygens (including phenoxy) is 1. The highest BCUT2D eigenvalue weighted by molar-refractivity contribution is 7.89. The minimum atomic E-state index is -3.69. The highest BCUT2D eigenvalue weighted by Gasteiger charge is 2.26. The summed E-state index contributed by atoms with van der Waals surface area (Å²) in [6.45, 7) is 6.10. The van der Waals surface area contributed by atoms with Gasteiger partial charge in [0.2, 0.25) is 10.0 Å². The fraction of sp³-hybridized carbons (Fsp3) is 0.455. The summed E-state index contributed by atoms with van der Waals surface area (Å²) in [6, 6.07) is 9.55. The Morgan fingerprint density at radius 2 is 1.70 bits per heavy atom. The first-order valence-corrected chi connectivity index (χ1v) is 11.1. The number of fused-ring (bicyclic) bond motifs is 1. The summed E-state index contributed by atoms with van der Waals surface area (Å²) in [5.41, 5.74) is 5.69. The largest absolute Gasteiger partial charge is 0.495 e. The van der Waals surface area contributed by atoms with Crippen LogP contribution in [-0.2, 0) is 22.9 Å². The quantitative estimate of drug-likeness (QED) is 0.787. The number of nitrogens with one attached hydrogen (secondary N) is 1. The van der Waals surface area contributed by atoms with E-state index in [9.17, 15) is 8.42 Å². The van der Waals surface area contributed by atoms with Crippen LogP contribution in [0.25, 0.3) is 0 Å². The predicted molar refractivity (Wildman–Crippen MR) is 109 cm³/mol. The van der Waals surface area contributed by atoms with Gasteiger partial charge in [0, 0.05) is 6.04 Å². The predicted octanol–water partition coefficient (Wildman–Crippen LogP) is 4.62. The van der Waals surface area contributed by atoms with Crippen molar-refractivity contribution in [3.63, 3.8) is 0 Å². The Labute approximate surface area is 163 Å². The molecule has 1 aliphatic rings. The van der Waals surface area contributed by atoms with Crippen LogP contribution in [0.15, 0.2) is 35.2 Å². The van der Waals surface area contributed by atoms with Crippen LogP contribution in [0.2, 0.25) is 0 Å². The second-order valence-corrected chi connectivity index (χ2v) is 9.09. The van der Waals surface area contributed by atoms with E-state index in [0.29, 0.717) is 12.2 Å². The smallest absolute Gasteiger partial charge is 0.244 e. The summed E-state index contributed by atoms with van der Waals surface area (Å²) in [7, 11) is -2.16. The van der Waals surface area contributed by atoms with Crippen molar-refractivity contribution in [3.8, 4) is 5.75 Å². The minimum Gasteiger partial charge on any atom is -0.495 e. The molecule has 0 aliphatic heterocycles. The van der Waals surface area contributed by atoms with Crippen molar-refractivity contribution in [2.75, 3.05) is 7.11 Å². The van der Waals surface area contributed by atoms with Crippen molar-refractivity contribution in [3.05, 3.63) is 58.1 Å². The molecule has 0 heterocycles. The van der Waals surface area contributed by atoms with Crippen LogP contribution in [0.5, 0.6) is 5.75 Å². The number of methoxy groups -OCH3 is 1. The molecule has 0 unspecified atom stereocenters. The molecule has 0 spiro atoms. The number of aryl methyl sites for hydroxylation is 4. The van der Waals surface area contributed by atoms with Gasteiger partial charge in [-0.05, 0) is 85.9 Å². The van der Waals surface area contributed by atoms with Crippen LogP contribution in [-0.4, -0.2) is 15.5 Å². The molecule has 1 N–H and O–H groups in total. The number of sulfonamides is 1. The van der Waals surface area contributed by atoms with Crippen LogP contribution in [0.3, 0.4) is 0 Å². The van der Waals surface area contributed by atoms with Gasteiger partial charge >= 0.3 is 0 Å². The Kier molecular flexibility index (Phi) is 5.92. The topological polar surface area (TPSA) is 55.4 Å². The zero-order chi connectivity index (χ0) is 19.6. The third-order valence-electron chi connectivity index (χ3n) is 5.56. The molecule has 0 aromatic heterocycles.